The molecule has 1 aromatic rings. The maximum absolute atomic E-state index is 11.4. The summed E-state index contributed by atoms with van der Waals surface area (Å²) in [5.74, 6) is -1.09. The van der Waals surface area contributed by atoms with Crippen LogP contribution in [0.5, 0.6) is 0 Å². The molecule has 1 atom stereocenters. The van der Waals surface area contributed by atoms with Crippen molar-refractivity contribution in [2.75, 3.05) is 13.1 Å². The zero-order chi connectivity index (χ0) is 13.5. The van der Waals surface area contributed by atoms with E-state index in [1.807, 2.05) is 25.3 Å². The first kappa shape index (κ1) is 14.7. The first-order valence-electron chi connectivity index (χ1n) is 5.78. The second-order valence-corrected chi connectivity index (χ2v) is 5.32. The number of carbonyl (C=O) groups is 2. The number of carbonyl (C=O) groups excluding carboxylic acids is 2. The number of amides is 2. The van der Waals surface area contributed by atoms with Crippen molar-refractivity contribution in [2.24, 2.45) is 5.92 Å². The van der Waals surface area contributed by atoms with E-state index in [0.29, 0.717) is 12.5 Å². The number of nitrogens with one attached hydrogen (secondary N) is 2. The predicted octanol–water partition coefficient (Wildman–Crippen LogP) is 0.670. The standard InChI is InChI=1S/C12H18N2O3S/c1-8(2)6-13-11(16)12(17)14-7-9(15)10-4-3-5-18-10/h3-5,8-9,15H,6-7H2,1-2H3,(H,13,16)(H,14,17). The van der Waals surface area contributed by atoms with Gasteiger partial charge in [0.1, 0.15) is 6.10 Å². The zero-order valence-electron chi connectivity index (χ0n) is 10.5. The summed E-state index contributed by atoms with van der Waals surface area (Å²) < 4.78 is 0. The van der Waals surface area contributed by atoms with E-state index in [2.05, 4.69) is 10.6 Å². The molecule has 6 heteroatoms. The molecule has 3 N–H and O–H groups in total. The largest absolute Gasteiger partial charge is 0.386 e. The number of aliphatic hydroxyl groups is 1. The number of rotatable bonds is 5. The molecule has 1 aromatic heterocycles. The van der Waals surface area contributed by atoms with Crippen molar-refractivity contribution in [1.82, 2.24) is 10.6 Å². The van der Waals surface area contributed by atoms with Crippen molar-refractivity contribution < 1.29 is 14.7 Å². The Balaban J connectivity index is 2.30. The van der Waals surface area contributed by atoms with Crippen LogP contribution in [0.25, 0.3) is 0 Å². The third-order valence-corrected chi connectivity index (χ3v) is 3.18. The van der Waals surface area contributed by atoms with Gasteiger partial charge < -0.3 is 15.7 Å². The third-order valence-electron chi connectivity index (χ3n) is 2.20. The van der Waals surface area contributed by atoms with Crippen molar-refractivity contribution in [1.29, 1.82) is 0 Å². The minimum absolute atomic E-state index is 0.0362. The van der Waals surface area contributed by atoms with Crippen LogP contribution in [0.3, 0.4) is 0 Å². The first-order valence-corrected chi connectivity index (χ1v) is 6.66. The van der Waals surface area contributed by atoms with Gasteiger partial charge in [-0.05, 0) is 17.4 Å². The lowest BCUT2D eigenvalue weighted by molar-refractivity contribution is -0.139. The van der Waals surface area contributed by atoms with Crippen molar-refractivity contribution in [3.63, 3.8) is 0 Å². The molecule has 0 aliphatic heterocycles. The molecule has 0 saturated carbocycles. The summed E-state index contributed by atoms with van der Waals surface area (Å²) in [6.45, 7) is 4.38. The molecule has 0 spiro atoms. The van der Waals surface area contributed by atoms with Gasteiger partial charge in [0.15, 0.2) is 0 Å². The Hall–Kier alpha value is -1.40. The molecule has 0 radical (unpaired) electrons. The first-order chi connectivity index (χ1) is 8.50. The summed E-state index contributed by atoms with van der Waals surface area (Å²) in [4.78, 5) is 23.5. The maximum atomic E-state index is 11.4. The fourth-order valence-corrected chi connectivity index (χ4v) is 1.94. The number of hydrogen-bond donors (Lipinski definition) is 3. The molecule has 0 saturated heterocycles. The summed E-state index contributed by atoms with van der Waals surface area (Å²) in [7, 11) is 0. The summed E-state index contributed by atoms with van der Waals surface area (Å²) in [6, 6.07) is 3.60. The molecule has 1 unspecified atom stereocenters. The van der Waals surface area contributed by atoms with Crippen LogP contribution in [0.2, 0.25) is 0 Å². The SMILES string of the molecule is CC(C)CNC(=O)C(=O)NCC(O)c1cccs1. The van der Waals surface area contributed by atoms with Crippen molar-refractivity contribution >= 4 is 23.2 Å². The van der Waals surface area contributed by atoms with Gasteiger partial charge >= 0.3 is 11.8 Å². The second-order valence-electron chi connectivity index (χ2n) is 4.35. The monoisotopic (exact) mass is 270 g/mol. The Morgan fingerprint density at radius 2 is 1.89 bits per heavy atom. The predicted molar refractivity (Wildman–Crippen MR) is 70.1 cm³/mol. The number of thiophene rings is 1. The molecule has 0 fully saturated rings. The highest BCUT2D eigenvalue weighted by Gasteiger charge is 2.15. The van der Waals surface area contributed by atoms with E-state index < -0.39 is 17.9 Å². The minimum Gasteiger partial charge on any atom is -0.386 e. The van der Waals surface area contributed by atoms with Crippen LogP contribution < -0.4 is 10.6 Å². The van der Waals surface area contributed by atoms with Gasteiger partial charge in [-0.15, -0.1) is 11.3 Å². The maximum Gasteiger partial charge on any atom is 0.309 e. The summed E-state index contributed by atoms with van der Waals surface area (Å²) in [6.07, 6.45) is -0.771. The van der Waals surface area contributed by atoms with E-state index in [1.165, 1.54) is 11.3 Å². The van der Waals surface area contributed by atoms with E-state index in [9.17, 15) is 14.7 Å². The molecular weight excluding hydrogens is 252 g/mol. The van der Waals surface area contributed by atoms with Crippen molar-refractivity contribution in [2.45, 2.75) is 20.0 Å². The Morgan fingerprint density at radius 3 is 2.39 bits per heavy atom. The van der Waals surface area contributed by atoms with Gasteiger partial charge in [0.05, 0.1) is 0 Å². The number of hydrogen-bond acceptors (Lipinski definition) is 4. The lowest BCUT2D eigenvalue weighted by atomic mass is 10.2. The van der Waals surface area contributed by atoms with Crippen LogP contribution in [0.1, 0.15) is 24.8 Å². The van der Waals surface area contributed by atoms with Gasteiger partial charge in [-0.2, -0.15) is 0 Å². The van der Waals surface area contributed by atoms with Gasteiger partial charge in [0.25, 0.3) is 0 Å². The Morgan fingerprint density at radius 1 is 1.28 bits per heavy atom. The molecule has 0 aliphatic rings. The highest BCUT2D eigenvalue weighted by atomic mass is 32.1. The van der Waals surface area contributed by atoms with E-state index >= 15 is 0 Å². The Bertz CT molecular complexity index is 390. The smallest absolute Gasteiger partial charge is 0.309 e. The molecule has 18 heavy (non-hydrogen) atoms. The van der Waals surface area contributed by atoms with Crippen LogP contribution >= 0.6 is 11.3 Å². The van der Waals surface area contributed by atoms with Crippen LogP contribution in [0.15, 0.2) is 17.5 Å². The van der Waals surface area contributed by atoms with Crippen LogP contribution in [-0.4, -0.2) is 30.0 Å². The van der Waals surface area contributed by atoms with Crippen LogP contribution in [-0.2, 0) is 9.59 Å². The van der Waals surface area contributed by atoms with Gasteiger partial charge in [0.2, 0.25) is 0 Å². The van der Waals surface area contributed by atoms with Gasteiger partial charge in [-0.1, -0.05) is 19.9 Å². The van der Waals surface area contributed by atoms with E-state index in [4.69, 9.17) is 0 Å². The quantitative estimate of drug-likeness (QED) is 0.688. The van der Waals surface area contributed by atoms with Crippen molar-refractivity contribution in [3.05, 3.63) is 22.4 Å². The molecular formula is C12H18N2O3S. The fourth-order valence-electron chi connectivity index (χ4n) is 1.23. The van der Waals surface area contributed by atoms with Crippen LogP contribution in [0.4, 0.5) is 0 Å². The van der Waals surface area contributed by atoms with E-state index in [-0.39, 0.29) is 6.54 Å². The Kier molecular flexibility index (Phi) is 5.80. The highest BCUT2D eigenvalue weighted by molar-refractivity contribution is 7.10. The minimum atomic E-state index is -0.771. The molecule has 1 heterocycles. The highest BCUT2D eigenvalue weighted by Crippen LogP contribution is 2.17. The molecule has 2 amide bonds. The lowest BCUT2D eigenvalue weighted by Gasteiger charge is -2.11. The van der Waals surface area contributed by atoms with Crippen LogP contribution in [0, 0.1) is 5.92 Å². The van der Waals surface area contributed by atoms with Gasteiger partial charge in [-0.25, -0.2) is 0 Å². The van der Waals surface area contributed by atoms with E-state index in [1.54, 1.807) is 6.07 Å². The topological polar surface area (TPSA) is 78.4 Å². The molecule has 100 valence electrons. The molecule has 0 aliphatic carbocycles. The average Bonchev–Trinajstić information content (AvgIpc) is 2.86. The average molecular weight is 270 g/mol. The summed E-state index contributed by atoms with van der Waals surface area (Å²) in [5, 5.41) is 16.5. The fraction of sp³-hybridized carbons (Fsp3) is 0.500. The van der Waals surface area contributed by atoms with E-state index in [0.717, 1.165) is 4.88 Å². The number of aliphatic hydroxyl groups excluding tert-OH is 1. The molecule has 5 nitrogen and oxygen atoms in total. The second kappa shape index (κ2) is 7.13. The summed E-state index contributed by atoms with van der Waals surface area (Å²) in [5.41, 5.74) is 0. The molecule has 1 rings (SSSR count). The zero-order valence-corrected chi connectivity index (χ0v) is 11.3. The third kappa shape index (κ3) is 4.85. The molecule has 0 aromatic carbocycles. The lowest BCUT2D eigenvalue weighted by Crippen LogP contribution is -2.42. The molecule has 0 bridgehead atoms. The van der Waals surface area contributed by atoms with Gasteiger partial charge in [-0.3, -0.25) is 9.59 Å². The van der Waals surface area contributed by atoms with Gasteiger partial charge in [0, 0.05) is 18.0 Å². The Labute approximate surface area is 110 Å². The normalized spacial score (nSPS) is 12.2. The van der Waals surface area contributed by atoms with Crippen molar-refractivity contribution in [3.8, 4) is 0 Å². The summed E-state index contributed by atoms with van der Waals surface area (Å²) >= 11 is 1.40.